The van der Waals surface area contributed by atoms with Crippen LogP contribution in [0.1, 0.15) is 19.3 Å². The van der Waals surface area contributed by atoms with E-state index < -0.39 is 0 Å². The molecule has 1 aliphatic heterocycles. The maximum atomic E-state index is 6.20. The fourth-order valence-electron chi connectivity index (χ4n) is 3.38. The monoisotopic (exact) mass is 138 g/mol. The van der Waals surface area contributed by atoms with Gasteiger partial charge in [-0.25, -0.2) is 0 Å². The number of hydrogen-bond donors (Lipinski definition) is 1. The highest BCUT2D eigenvalue weighted by Gasteiger charge is 2.68. The quantitative estimate of drug-likeness (QED) is 0.524. The van der Waals surface area contributed by atoms with Crippen molar-refractivity contribution in [1.29, 1.82) is 0 Å². The number of hydrogen-bond acceptors (Lipinski definition) is 2. The topological polar surface area (TPSA) is 29.3 Å². The lowest BCUT2D eigenvalue weighted by Gasteiger charge is -2.66. The zero-order valence-electron chi connectivity index (χ0n) is 6.38. The Morgan fingerprint density at radius 1 is 1.60 bits per heavy atom. The molecule has 0 amide bonds. The van der Waals surface area contributed by atoms with E-state index in [2.05, 4.69) is 11.9 Å². The van der Waals surface area contributed by atoms with Crippen LogP contribution in [0.15, 0.2) is 0 Å². The second-order valence-corrected chi connectivity index (χ2v) is 4.23. The Morgan fingerprint density at radius 2 is 2.40 bits per heavy atom. The summed E-state index contributed by atoms with van der Waals surface area (Å²) in [4.78, 5) is 2.39. The zero-order chi connectivity index (χ0) is 6.93. The molecule has 0 radical (unpaired) electrons. The van der Waals surface area contributed by atoms with Gasteiger partial charge < -0.3 is 5.73 Å². The number of nitrogens with zero attached hydrogens (tertiary/aromatic N) is 1. The minimum Gasteiger partial charge on any atom is -0.313 e. The summed E-state index contributed by atoms with van der Waals surface area (Å²) in [6, 6.07) is 0.873. The predicted molar refractivity (Wildman–Crippen MR) is 39.3 cm³/mol. The molecule has 1 saturated heterocycles. The fourth-order valence-corrected chi connectivity index (χ4v) is 3.38. The summed E-state index contributed by atoms with van der Waals surface area (Å²) in [6.45, 7) is 0. The average Bonchev–Trinajstić information content (AvgIpc) is 1.93. The van der Waals surface area contributed by atoms with E-state index in [0.717, 1.165) is 17.9 Å². The summed E-state index contributed by atoms with van der Waals surface area (Å²) in [5, 5.41) is 0. The van der Waals surface area contributed by atoms with Gasteiger partial charge in [0, 0.05) is 12.0 Å². The maximum Gasteiger partial charge on any atom is 0.0734 e. The first-order valence-corrected chi connectivity index (χ1v) is 4.25. The summed E-state index contributed by atoms with van der Waals surface area (Å²) in [6.07, 6.45) is 4.07. The van der Waals surface area contributed by atoms with E-state index in [1.54, 1.807) is 0 Å². The van der Waals surface area contributed by atoms with Crippen LogP contribution in [0.5, 0.6) is 0 Å². The van der Waals surface area contributed by atoms with Gasteiger partial charge in [-0.05, 0) is 32.2 Å². The minimum atomic E-state index is 0.146. The van der Waals surface area contributed by atoms with E-state index in [9.17, 15) is 0 Å². The standard InChI is InChI=1S/C8H14N2/c1-10-6-4-5-2-3-8(10,9)7(5)6/h5-7H,2-4,9H2,1H3. The van der Waals surface area contributed by atoms with Crippen molar-refractivity contribution in [3.8, 4) is 0 Å². The molecular weight excluding hydrogens is 124 g/mol. The lowest BCUT2D eigenvalue weighted by molar-refractivity contribution is -0.175. The third-order valence-electron chi connectivity index (χ3n) is 4.11. The summed E-state index contributed by atoms with van der Waals surface area (Å²) in [5.74, 6) is 1.89. The highest BCUT2D eigenvalue weighted by Crippen LogP contribution is 2.62. The number of rotatable bonds is 0. The molecule has 0 aromatic rings. The fraction of sp³-hybridized carbons (Fsp3) is 1.00. The van der Waals surface area contributed by atoms with Gasteiger partial charge in [0.25, 0.3) is 0 Å². The van der Waals surface area contributed by atoms with E-state index in [1.807, 2.05) is 0 Å². The van der Waals surface area contributed by atoms with Crippen molar-refractivity contribution < 1.29 is 0 Å². The highest BCUT2D eigenvalue weighted by atomic mass is 15.4. The van der Waals surface area contributed by atoms with Crippen molar-refractivity contribution in [2.24, 2.45) is 17.6 Å². The average molecular weight is 138 g/mol. The minimum absolute atomic E-state index is 0.146. The Hall–Kier alpha value is -0.0800. The van der Waals surface area contributed by atoms with Crippen molar-refractivity contribution in [3.63, 3.8) is 0 Å². The smallest absolute Gasteiger partial charge is 0.0734 e. The molecule has 1 heterocycles. The molecule has 2 N–H and O–H groups in total. The third kappa shape index (κ3) is 0.330. The summed E-state index contributed by atoms with van der Waals surface area (Å²) in [7, 11) is 2.18. The van der Waals surface area contributed by atoms with Crippen molar-refractivity contribution in [1.82, 2.24) is 4.90 Å². The van der Waals surface area contributed by atoms with Crippen molar-refractivity contribution in [2.45, 2.75) is 31.0 Å². The van der Waals surface area contributed by atoms with Crippen molar-refractivity contribution >= 4 is 0 Å². The number of nitrogens with two attached hydrogens (primary N) is 1. The van der Waals surface area contributed by atoms with Crippen LogP contribution >= 0.6 is 0 Å². The van der Waals surface area contributed by atoms with Crippen LogP contribution in [-0.4, -0.2) is 23.7 Å². The van der Waals surface area contributed by atoms with Gasteiger partial charge in [0.15, 0.2) is 0 Å². The molecule has 2 aliphatic carbocycles. The van der Waals surface area contributed by atoms with Gasteiger partial charge in [-0.3, -0.25) is 4.90 Å². The Morgan fingerprint density at radius 3 is 3.10 bits per heavy atom. The Balaban J connectivity index is 1.99. The molecule has 56 valence electrons. The summed E-state index contributed by atoms with van der Waals surface area (Å²) >= 11 is 0. The molecular formula is C8H14N2. The molecule has 0 aromatic heterocycles. The van der Waals surface area contributed by atoms with E-state index in [1.165, 1.54) is 19.3 Å². The van der Waals surface area contributed by atoms with Crippen LogP contribution in [-0.2, 0) is 0 Å². The van der Waals surface area contributed by atoms with Gasteiger partial charge in [0.05, 0.1) is 5.66 Å². The molecule has 2 nitrogen and oxygen atoms in total. The van der Waals surface area contributed by atoms with Crippen LogP contribution in [0.3, 0.4) is 0 Å². The Labute approximate surface area is 61.4 Å². The van der Waals surface area contributed by atoms with Crippen LogP contribution in [0.2, 0.25) is 0 Å². The van der Waals surface area contributed by atoms with Crippen molar-refractivity contribution in [3.05, 3.63) is 0 Å². The van der Waals surface area contributed by atoms with Gasteiger partial charge in [0.2, 0.25) is 0 Å². The van der Waals surface area contributed by atoms with Gasteiger partial charge in [-0.2, -0.15) is 0 Å². The SMILES string of the molecule is CN1C2CC3CCC1(N)C32. The van der Waals surface area contributed by atoms with Crippen LogP contribution in [0, 0.1) is 11.8 Å². The van der Waals surface area contributed by atoms with Crippen molar-refractivity contribution in [2.75, 3.05) is 7.05 Å². The molecule has 4 unspecified atom stereocenters. The second-order valence-electron chi connectivity index (χ2n) is 4.23. The molecule has 2 saturated carbocycles. The zero-order valence-corrected chi connectivity index (χ0v) is 6.38. The Bertz CT molecular complexity index is 190. The maximum absolute atomic E-state index is 6.20. The highest BCUT2D eigenvalue weighted by molar-refractivity contribution is 5.20. The molecule has 0 aromatic carbocycles. The van der Waals surface area contributed by atoms with Gasteiger partial charge in [-0.15, -0.1) is 0 Å². The first-order chi connectivity index (χ1) is 4.73. The molecule has 2 heteroatoms. The molecule has 10 heavy (non-hydrogen) atoms. The van der Waals surface area contributed by atoms with Crippen LogP contribution in [0.4, 0.5) is 0 Å². The lowest BCUT2D eigenvalue weighted by Crippen LogP contribution is -2.79. The van der Waals surface area contributed by atoms with Gasteiger partial charge >= 0.3 is 0 Å². The summed E-state index contributed by atoms with van der Waals surface area (Å²) < 4.78 is 0. The predicted octanol–water partition coefficient (Wildman–Crippen LogP) is 0.385. The first kappa shape index (κ1) is 5.56. The van der Waals surface area contributed by atoms with E-state index in [4.69, 9.17) is 5.73 Å². The molecule has 3 aliphatic rings. The normalized spacial score (nSPS) is 64.8. The molecule has 0 bridgehead atoms. The largest absolute Gasteiger partial charge is 0.313 e. The molecule has 3 fully saturated rings. The van der Waals surface area contributed by atoms with Gasteiger partial charge in [0.1, 0.15) is 0 Å². The molecule has 3 rings (SSSR count). The Kier molecular flexibility index (Phi) is 0.710. The molecule has 4 atom stereocenters. The van der Waals surface area contributed by atoms with Crippen LogP contribution in [0.25, 0.3) is 0 Å². The van der Waals surface area contributed by atoms with E-state index >= 15 is 0 Å². The summed E-state index contributed by atoms with van der Waals surface area (Å²) in [5.41, 5.74) is 6.34. The van der Waals surface area contributed by atoms with Crippen LogP contribution < -0.4 is 5.73 Å². The molecule has 0 spiro atoms. The number of likely N-dealkylation sites (tertiary alicyclic amines) is 1. The lowest BCUT2D eigenvalue weighted by atomic mass is 9.60. The second kappa shape index (κ2) is 1.28. The van der Waals surface area contributed by atoms with E-state index in [-0.39, 0.29) is 5.66 Å². The first-order valence-electron chi connectivity index (χ1n) is 4.25. The third-order valence-corrected chi connectivity index (χ3v) is 4.11. The van der Waals surface area contributed by atoms with E-state index in [0.29, 0.717) is 0 Å². The number of piperidine rings is 1. The van der Waals surface area contributed by atoms with Gasteiger partial charge in [-0.1, -0.05) is 0 Å².